The van der Waals surface area contributed by atoms with Crippen molar-refractivity contribution in [3.05, 3.63) is 53.5 Å². The Morgan fingerprint density at radius 1 is 1.35 bits per heavy atom. The smallest absolute Gasteiger partial charge is 0.134 e. The first-order valence-electron chi connectivity index (χ1n) is 6.71. The van der Waals surface area contributed by atoms with Gasteiger partial charge in [-0.05, 0) is 38.1 Å². The Labute approximate surface area is 117 Å². The summed E-state index contributed by atoms with van der Waals surface area (Å²) in [5, 5.41) is 5.36. The van der Waals surface area contributed by atoms with Crippen molar-refractivity contribution in [2.75, 3.05) is 0 Å². The molecule has 2 aromatic heterocycles. The first-order valence-corrected chi connectivity index (χ1v) is 6.71. The number of benzene rings is 1. The fraction of sp³-hybridized carbons (Fsp3) is 0.267. The minimum Gasteiger partial charge on any atom is -0.459 e. The minimum atomic E-state index is -0.204. The average molecular weight is 270 g/mol. The third-order valence-electron chi connectivity index (χ3n) is 3.49. The van der Waals surface area contributed by atoms with Gasteiger partial charge < -0.3 is 4.42 Å². The van der Waals surface area contributed by atoms with Crippen molar-refractivity contribution in [2.45, 2.75) is 26.4 Å². The Balaban J connectivity index is 2.07. The molecular weight excluding hydrogens is 252 g/mol. The highest BCUT2D eigenvalue weighted by Crippen LogP contribution is 2.28. The molecule has 0 fully saturated rings. The monoisotopic (exact) mass is 270 g/mol. The highest BCUT2D eigenvalue weighted by Gasteiger charge is 2.20. The number of rotatable bonds is 4. The van der Waals surface area contributed by atoms with Crippen LogP contribution in [0.3, 0.4) is 0 Å². The molecule has 0 spiro atoms. The zero-order chi connectivity index (χ0) is 14.1. The van der Waals surface area contributed by atoms with E-state index >= 15 is 0 Å². The van der Waals surface area contributed by atoms with Crippen LogP contribution in [-0.4, -0.2) is 9.78 Å². The van der Waals surface area contributed by atoms with Gasteiger partial charge in [-0.25, -0.2) is 5.43 Å². The lowest BCUT2D eigenvalue weighted by Gasteiger charge is -2.14. The number of hydrogen-bond acceptors (Lipinski definition) is 4. The Bertz CT molecular complexity index is 728. The van der Waals surface area contributed by atoms with E-state index in [1.54, 1.807) is 6.20 Å². The number of aryl methyl sites for hydroxylation is 2. The van der Waals surface area contributed by atoms with E-state index < -0.39 is 0 Å². The van der Waals surface area contributed by atoms with Gasteiger partial charge in [0.05, 0.1) is 5.69 Å². The van der Waals surface area contributed by atoms with Crippen LogP contribution >= 0.6 is 0 Å². The zero-order valence-electron chi connectivity index (χ0n) is 11.6. The molecule has 0 amide bonds. The van der Waals surface area contributed by atoms with Crippen LogP contribution in [0.5, 0.6) is 0 Å². The molecule has 1 unspecified atom stereocenters. The molecule has 3 N–H and O–H groups in total. The molecule has 0 aliphatic heterocycles. The number of nitrogens with zero attached hydrogens (tertiary/aromatic N) is 2. The summed E-state index contributed by atoms with van der Waals surface area (Å²) in [4.78, 5) is 0. The summed E-state index contributed by atoms with van der Waals surface area (Å²) in [5.74, 6) is 6.51. The molecule has 0 radical (unpaired) electrons. The van der Waals surface area contributed by atoms with Crippen LogP contribution in [0.4, 0.5) is 0 Å². The average Bonchev–Trinajstić information content (AvgIpc) is 3.05. The highest BCUT2D eigenvalue weighted by atomic mass is 16.3. The Hall–Kier alpha value is -2.11. The van der Waals surface area contributed by atoms with E-state index in [9.17, 15) is 0 Å². The van der Waals surface area contributed by atoms with Gasteiger partial charge in [-0.1, -0.05) is 11.6 Å². The molecule has 3 rings (SSSR count). The third-order valence-corrected chi connectivity index (χ3v) is 3.49. The maximum atomic E-state index is 5.92. The van der Waals surface area contributed by atoms with Crippen molar-refractivity contribution < 1.29 is 4.42 Å². The number of hydrazine groups is 1. The molecule has 1 atom stereocenters. The van der Waals surface area contributed by atoms with E-state index in [0.717, 1.165) is 29.0 Å². The van der Waals surface area contributed by atoms with Gasteiger partial charge in [-0.15, -0.1) is 0 Å². The minimum absolute atomic E-state index is 0.204. The molecule has 5 nitrogen and oxygen atoms in total. The summed E-state index contributed by atoms with van der Waals surface area (Å²) < 4.78 is 7.82. The van der Waals surface area contributed by atoms with Crippen molar-refractivity contribution in [1.29, 1.82) is 0 Å². The van der Waals surface area contributed by atoms with Crippen LogP contribution in [0.1, 0.15) is 30.0 Å². The van der Waals surface area contributed by atoms with E-state index in [2.05, 4.69) is 23.5 Å². The van der Waals surface area contributed by atoms with Gasteiger partial charge >= 0.3 is 0 Å². The predicted octanol–water partition coefficient (Wildman–Crippen LogP) is 2.51. The molecule has 3 aromatic rings. The first-order chi connectivity index (χ1) is 9.72. The summed E-state index contributed by atoms with van der Waals surface area (Å²) in [6.45, 7) is 4.91. The lowest BCUT2D eigenvalue weighted by molar-refractivity contribution is 0.451. The Kier molecular flexibility index (Phi) is 3.30. The summed E-state index contributed by atoms with van der Waals surface area (Å²) in [6.07, 6.45) is 1.77. The number of furan rings is 1. The van der Waals surface area contributed by atoms with E-state index in [1.807, 2.05) is 35.9 Å². The Morgan fingerprint density at radius 2 is 2.20 bits per heavy atom. The number of hydrogen-bond donors (Lipinski definition) is 2. The highest BCUT2D eigenvalue weighted by molar-refractivity contribution is 5.78. The van der Waals surface area contributed by atoms with Crippen LogP contribution in [0, 0.1) is 6.92 Å². The lowest BCUT2D eigenvalue weighted by Crippen LogP contribution is -2.30. The van der Waals surface area contributed by atoms with E-state index in [4.69, 9.17) is 10.3 Å². The third kappa shape index (κ3) is 2.11. The van der Waals surface area contributed by atoms with Gasteiger partial charge in [0, 0.05) is 18.1 Å². The second kappa shape index (κ2) is 5.11. The molecule has 0 saturated heterocycles. The summed E-state index contributed by atoms with van der Waals surface area (Å²) in [5.41, 5.74) is 5.89. The van der Waals surface area contributed by atoms with E-state index in [-0.39, 0.29) is 6.04 Å². The molecule has 1 aromatic carbocycles. The van der Waals surface area contributed by atoms with Crippen molar-refractivity contribution in [3.63, 3.8) is 0 Å². The number of aromatic nitrogens is 2. The van der Waals surface area contributed by atoms with Crippen LogP contribution in [-0.2, 0) is 6.54 Å². The van der Waals surface area contributed by atoms with Gasteiger partial charge in [-0.2, -0.15) is 5.10 Å². The lowest BCUT2D eigenvalue weighted by atomic mass is 10.1. The Morgan fingerprint density at radius 3 is 2.95 bits per heavy atom. The quantitative estimate of drug-likeness (QED) is 0.564. The van der Waals surface area contributed by atoms with E-state index in [1.165, 1.54) is 5.56 Å². The standard InChI is InChI=1S/C15H18N4O/c1-3-19-12(6-7-17-19)15(18-16)14-9-11-8-10(2)4-5-13(11)20-14/h4-9,15,18H,3,16H2,1-2H3. The molecule has 2 heterocycles. The normalized spacial score (nSPS) is 12.9. The van der Waals surface area contributed by atoms with Crippen molar-refractivity contribution in [2.24, 2.45) is 5.84 Å². The first kappa shape index (κ1) is 12.9. The summed E-state index contributed by atoms with van der Waals surface area (Å²) in [6, 6.07) is 9.90. The van der Waals surface area contributed by atoms with Crippen LogP contribution in [0.2, 0.25) is 0 Å². The maximum absolute atomic E-state index is 5.92. The molecule has 0 saturated carbocycles. The van der Waals surface area contributed by atoms with Crippen molar-refractivity contribution in [1.82, 2.24) is 15.2 Å². The van der Waals surface area contributed by atoms with Crippen LogP contribution < -0.4 is 11.3 Å². The summed E-state index contributed by atoms with van der Waals surface area (Å²) in [7, 11) is 0. The molecular formula is C15H18N4O. The van der Waals surface area contributed by atoms with Crippen LogP contribution in [0.25, 0.3) is 11.0 Å². The van der Waals surface area contributed by atoms with Gasteiger partial charge in [0.15, 0.2) is 0 Å². The van der Waals surface area contributed by atoms with Gasteiger partial charge in [0.1, 0.15) is 17.4 Å². The number of fused-ring (bicyclic) bond motifs is 1. The topological polar surface area (TPSA) is 69.0 Å². The molecule has 0 aliphatic carbocycles. The molecule has 0 aliphatic rings. The second-order valence-corrected chi connectivity index (χ2v) is 4.86. The molecule has 104 valence electrons. The van der Waals surface area contributed by atoms with Gasteiger partial charge in [-0.3, -0.25) is 10.5 Å². The molecule has 20 heavy (non-hydrogen) atoms. The summed E-state index contributed by atoms with van der Waals surface area (Å²) >= 11 is 0. The maximum Gasteiger partial charge on any atom is 0.134 e. The number of nitrogens with two attached hydrogens (primary N) is 1. The molecule has 5 heteroatoms. The fourth-order valence-electron chi connectivity index (χ4n) is 2.49. The van der Waals surface area contributed by atoms with Crippen molar-refractivity contribution >= 4 is 11.0 Å². The largest absolute Gasteiger partial charge is 0.459 e. The van der Waals surface area contributed by atoms with Crippen molar-refractivity contribution in [3.8, 4) is 0 Å². The van der Waals surface area contributed by atoms with Gasteiger partial charge in [0.2, 0.25) is 0 Å². The SMILES string of the molecule is CCn1nccc1C(NN)c1cc2cc(C)ccc2o1. The van der Waals surface area contributed by atoms with Gasteiger partial charge in [0.25, 0.3) is 0 Å². The zero-order valence-corrected chi connectivity index (χ0v) is 11.6. The van der Waals surface area contributed by atoms with Crippen LogP contribution in [0.15, 0.2) is 40.9 Å². The molecule has 0 bridgehead atoms. The van der Waals surface area contributed by atoms with E-state index in [0.29, 0.717) is 0 Å². The number of nitrogens with one attached hydrogen (secondary N) is 1. The second-order valence-electron chi connectivity index (χ2n) is 4.86. The predicted molar refractivity (Wildman–Crippen MR) is 78.0 cm³/mol. The fourth-order valence-corrected chi connectivity index (χ4v) is 2.49.